The SMILES string of the molecule is NC(=O)c1ncccc1C(=O)N1CCC(C2CC2)C1. The molecule has 2 fully saturated rings. The lowest BCUT2D eigenvalue weighted by atomic mass is 10.0. The molecule has 1 saturated carbocycles. The molecule has 5 heteroatoms. The van der Waals surface area contributed by atoms with Crippen molar-refractivity contribution < 1.29 is 9.59 Å². The highest BCUT2D eigenvalue weighted by Crippen LogP contribution is 2.41. The molecule has 2 amide bonds. The molecule has 2 N–H and O–H groups in total. The van der Waals surface area contributed by atoms with Gasteiger partial charge in [-0.2, -0.15) is 0 Å². The van der Waals surface area contributed by atoms with Gasteiger partial charge in [-0.25, -0.2) is 0 Å². The van der Waals surface area contributed by atoms with Gasteiger partial charge >= 0.3 is 0 Å². The fourth-order valence-electron chi connectivity index (χ4n) is 2.87. The third-order valence-electron chi connectivity index (χ3n) is 4.07. The summed E-state index contributed by atoms with van der Waals surface area (Å²) in [6, 6.07) is 3.29. The molecule has 0 bridgehead atoms. The highest BCUT2D eigenvalue weighted by molar-refractivity contribution is 6.05. The summed E-state index contributed by atoms with van der Waals surface area (Å²) < 4.78 is 0. The van der Waals surface area contributed by atoms with Crippen molar-refractivity contribution in [1.82, 2.24) is 9.88 Å². The van der Waals surface area contributed by atoms with E-state index < -0.39 is 5.91 Å². The lowest BCUT2D eigenvalue weighted by molar-refractivity contribution is 0.0779. The first-order valence-corrected chi connectivity index (χ1v) is 6.71. The Morgan fingerprint density at radius 3 is 2.74 bits per heavy atom. The van der Waals surface area contributed by atoms with Crippen LogP contribution in [0.3, 0.4) is 0 Å². The minimum Gasteiger partial charge on any atom is -0.364 e. The number of likely N-dealkylation sites (tertiary alicyclic amines) is 1. The van der Waals surface area contributed by atoms with Crippen LogP contribution in [0.15, 0.2) is 18.3 Å². The number of carbonyl (C=O) groups excluding carboxylic acids is 2. The Labute approximate surface area is 111 Å². The summed E-state index contributed by atoms with van der Waals surface area (Å²) in [7, 11) is 0. The fraction of sp³-hybridized carbons (Fsp3) is 0.500. The van der Waals surface area contributed by atoms with Gasteiger partial charge in [-0.05, 0) is 43.2 Å². The molecular weight excluding hydrogens is 242 g/mol. The minimum absolute atomic E-state index is 0.0716. The molecule has 1 aromatic rings. The molecule has 1 atom stereocenters. The second-order valence-electron chi connectivity index (χ2n) is 5.40. The highest BCUT2D eigenvalue weighted by Gasteiger charge is 2.37. The lowest BCUT2D eigenvalue weighted by Gasteiger charge is -2.17. The normalized spacial score (nSPS) is 22.5. The molecule has 1 saturated heterocycles. The van der Waals surface area contributed by atoms with Crippen molar-refractivity contribution in [2.24, 2.45) is 17.6 Å². The van der Waals surface area contributed by atoms with Gasteiger partial charge < -0.3 is 10.6 Å². The van der Waals surface area contributed by atoms with Crippen LogP contribution in [0.2, 0.25) is 0 Å². The number of amides is 2. The molecule has 1 aliphatic heterocycles. The highest BCUT2D eigenvalue weighted by atomic mass is 16.2. The summed E-state index contributed by atoms with van der Waals surface area (Å²) in [5.41, 5.74) is 5.66. The Balaban J connectivity index is 1.78. The Kier molecular flexibility index (Phi) is 2.97. The number of nitrogens with two attached hydrogens (primary N) is 1. The predicted octanol–water partition coefficient (Wildman–Crippen LogP) is 1.05. The summed E-state index contributed by atoms with van der Waals surface area (Å²) >= 11 is 0. The van der Waals surface area contributed by atoms with E-state index in [4.69, 9.17) is 5.73 Å². The van der Waals surface area contributed by atoms with Crippen LogP contribution in [0.1, 0.15) is 40.1 Å². The van der Waals surface area contributed by atoms with E-state index in [0.29, 0.717) is 11.5 Å². The average molecular weight is 259 g/mol. The van der Waals surface area contributed by atoms with Crippen LogP contribution in [0.5, 0.6) is 0 Å². The van der Waals surface area contributed by atoms with E-state index in [1.807, 2.05) is 4.90 Å². The van der Waals surface area contributed by atoms with Crippen LogP contribution in [-0.2, 0) is 0 Å². The van der Waals surface area contributed by atoms with Gasteiger partial charge in [0.25, 0.3) is 11.8 Å². The molecular formula is C14H17N3O2. The largest absolute Gasteiger partial charge is 0.364 e. The Morgan fingerprint density at radius 2 is 2.05 bits per heavy atom. The van der Waals surface area contributed by atoms with Crippen LogP contribution in [0.4, 0.5) is 0 Å². The standard InChI is InChI=1S/C14H17N3O2/c15-13(18)12-11(2-1-6-16-12)14(19)17-7-5-10(8-17)9-3-4-9/h1-2,6,9-10H,3-5,7-8H2,(H2,15,18). The Hall–Kier alpha value is -1.91. The molecule has 19 heavy (non-hydrogen) atoms. The number of carbonyl (C=O) groups is 2. The fourth-order valence-corrected chi connectivity index (χ4v) is 2.87. The van der Waals surface area contributed by atoms with E-state index >= 15 is 0 Å². The van der Waals surface area contributed by atoms with Gasteiger partial charge in [-0.1, -0.05) is 0 Å². The third kappa shape index (κ3) is 2.32. The van der Waals surface area contributed by atoms with E-state index in [0.717, 1.165) is 25.4 Å². The van der Waals surface area contributed by atoms with E-state index in [9.17, 15) is 9.59 Å². The zero-order valence-electron chi connectivity index (χ0n) is 10.7. The van der Waals surface area contributed by atoms with Crippen LogP contribution < -0.4 is 5.73 Å². The predicted molar refractivity (Wildman–Crippen MR) is 69.5 cm³/mol. The van der Waals surface area contributed by atoms with E-state index in [2.05, 4.69) is 4.98 Å². The van der Waals surface area contributed by atoms with Crippen molar-refractivity contribution in [3.05, 3.63) is 29.6 Å². The maximum Gasteiger partial charge on any atom is 0.268 e. The Bertz CT molecular complexity index is 525. The molecule has 1 unspecified atom stereocenters. The number of rotatable bonds is 3. The first-order valence-electron chi connectivity index (χ1n) is 6.71. The second kappa shape index (κ2) is 4.64. The van der Waals surface area contributed by atoms with Gasteiger partial charge in [-0.15, -0.1) is 0 Å². The van der Waals surface area contributed by atoms with Crippen molar-refractivity contribution in [2.45, 2.75) is 19.3 Å². The number of hydrogen-bond acceptors (Lipinski definition) is 3. The smallest absolute Gasteiger partial charge is 0.268 e. The maximum atomic E-state index is 12.4. The van der Waals surface area contributed by atoms with Crippen molar-refractivity contribution in [3.8, 4) is 0 Å². The zero-order valence-corrected chi connectivity index (χ0v) is 10.7. The van der Waals surface area contributed by atoms with Gasteiger partial charge in [0.1, 0.15) is 5.69 Å². The first kappa shape index (κ1) is 12.1. The van der Waals surface area contributed by atoms with Gasteiger partial charge in [0.2, 0.25) is 0 Å². The van der Waals surface area contributed by atoms with Crippen molar-refractivity contribution >= 4 is 11.8 Å². The van der Waals surface area contributed by atoms with E-state index in [-0.39, 0.29) is 11.6 Å². The molecule has 3 rings (SSSR count). The van der Waals surface area contributed by atoms with Gasteiger partial charge in [0.15, 0.2) is 0 Å². The summed E-state index contributed by atoms with van der Waals surface area (Å²) in [5.74, 6) is 0.673. The quantitative estimate of drug-likeness (QED) is 0.881. The summed E-state index contributed by atoms with van der Waals surface area (Å²) in [6.45, 7) is 1.57. The minimum atomic E-state index is -0.651. The number of hydrogen-bond donors (Lipinski definition) is 1. The molecule has 2 heterocycles. The first-order chi connectivity index (χ1) is 9.16. The molecule has 5 nitrogen and oxygen atoms in total. The third-order valence-corrected chi connectivity index (χ3v) is 4.07. The molecule has 1 aromatic heterocycles. The molecule has 0 spiro atoms. The van der Waals surface area contributed by atoms with Crippen molar-refractivity contribution in [1.29, 1.82) is 0 Å². The molecule has 100 valence electrons. The topological polar surface area (TPSA) is 76.3 Å². The molecule has 0 radical (unpaired) electrons. The molecule has 1 aliphatic carbocycles. The van der Waals surface area contributed by atoms with E-state index in [1.54, 1.807) is 12.1 Å². The monoisotopic (exact) mass is 259 g/mol. The number of aromatic nitrogens is 1. The van der Waals surface area contributed by atoms with Gasteiger partial charge in [-0.3, -0.25) is 14.6 Å². The van der Waals surface area contributed by atoms with Crippen molar-refractivity contribution in [2.75, 3.05) is 13.1 Å². The van der Waals surface area contributed by atoms with Crippen molar-refractivity contribution in [3.63, 3.8) is 0 Å². The number of primary amides is 1. The maximum absolute atomic E-state index is 12.4. The van der Waals surface area contributed by atoms with Crippen LogP contribution >= 0.6 is 0 Å². The Morgan fingerprint density at radius 1 is 1.26 bits per heavy atom. The summed E-state index contributed by atoms with van der Waals surface area (Å²) in [6.07, 6.45) is 5.15. The van der Waals surface area contributed by atoms with E-state index in [1.165, 1.54) is 19.0 Å². The summed E-state index contributed by atoms with van der Waals surface area (Å²) in [4.78, 5) is 29.5. The average Bonchev–Trinajstić information content (AvgIpc) is 3.16. The van der Waals surface area contributed by atoms with Gasteiger partial charge in [0.05, 0.1) is 5.56 Å². The molecule has 2 aliphatic rings. The van der Waals surface area contributed by atoms with Crippen LogP contribution in [0.25, 0.3) is 0 Å². The summed E-state index contributed by atoms with van der Waals surface area (Å²) in [5, 5.41) is 0. The molecule has 0 aromatic carbocycles. The van der Waals surface area contributed by atoms with Crippen LogP contribution in [0, 0.1) is 11.8 Å². The number of nitrogens with zero attached hydrogens (tertiary/aromatic N) is 2. The van der Waals surface area contributed by atoms with Crippen LogP contribution in [-0.4, -0.2) is 34.8 Å². The van der Waals surface area contributed by atoms with Gasteiger partial charge in [0, 0.05) is 19.3 Å². The zero-order chi connectivity index (χ0) is 13.4. The second-order valence-corrected chi connectivity index (χ2v) is 5.40. The lowest BCUT2D eigenvalue weighted by Crippen LogP contribution is -2.31. The number of pyridine rings is 1.